The Morgan fingerprint density at radius 1 is 1.05 bits per heavy atom. The first-order valence-corrected chi connectivity index (χ1v) is 7.15. The number of benzene rings is 1. The van der Waals surface area contributed by atoms with Crippen LogP contribution in [0, 0.1) is 16.7 Å². The maximum Gasteiger partial charge on any atom is 0.231 e. The van der Waals surface area contributed by atoms with Crippen LogP contribution in [-0.2, 0) is 10.2 Å². The average Bonchev–Trinajstić information content (AvgIpc) is 2.92. The monoisotopic (exact) mass is 271 g/mol. The minimum Gasteiger partial charge on any atom is -0.454 e. The van der Waals surface area contributed by atoms with Gasteiger partial charge in [-0.3, -0.25) is 0 Å². The lowest BCUT2D eigenvalue weighted by Gasteiger charge is -2.55. The molecule has 104 valence electrons. The topological polar surface area (TPSA) is 51.5 Å². The van der Waals surface area contributed by atoms with Crippen molar-refractivity contribution in [3.05, 3.63) is 23.8 Å². The number of nitriles is 1. The molecule has 0 aromatic heterocycles. The van der Waals surface area contributed by atoms with Crippen LogP contribution in [-0.4, -0.2) is 20.0 Å². The van der Waals surface area contributed by atoms with Gasteiger partial charge in [-0.1, -0.05) is 6.07 Å². The third-order valence-corrected chi connectivity index (χ3v) is 5.05. The quantitative estimate of drug-likeness (QED) is 0.788. The van der Waals surface area contributed by atoms with Crippen molar-refractivity contribution in [1.82, 2.24) is 0 Å². The number of rotatable bonds is 1. The molecule has 3 aliphatic rings. The summed E-state index contributed by atoms with van der Waals surface area (Å²) in [6.07, 6.45) is 4.06. The summed E-state index contributed by atoms with van der Waals surface area (Å²) in [5, 5.41) is 9.70. The standard InChI is InChI=1S/C16H17NO3/c17-10-16(8-15(9-16)3-5-18-6-4-15)12-1-2-13-14(7-12)20-11-19-13/h1-2,7H,3-6,8-9,11H2. The van der Waals surface area contributed by atoms with Gasteiger partial charge in [-0.05, 0) is 48.8 Å². The van der Waals surface area contributed by atoms with Crippen LogP contribution in [0.3, 0.4) is 0 Å². The van der Waals surface area contributed by atoms with Gasteiger partial charge in [0.1, 0.15) is 0 Å². The molecule has 4 nitrogen and oxygen atoms in total. The molecule has 20 heavy (non-hydrogen) atoms. The normalized spacial score (nSPS) is 24.9. The van der Waals surface area contributed by atoms with Gasteiger partial charge in [-0.2, -0.15) is 5.26 Å². The van der Waals surface area contributed by atoms with Crippen molar-refractivity contribution in [2.75, 3.05) is 20.0 Å². The Balaban J connectivity index is 1.62. The Labute approximate surface area is 118 Å². The first-order chi connectivity index (χ1) is 9.75. The molecule has 1 spiro atoms. The molecular formula is C16H17NO3. The molecule has 1 aromatic rings. The summed E-state index contributed by atoms with van der Waals surface area (Å²) in [5.41, 5.74) is 1.05. The molecule has 0 atom stereocenters. The molecule has 0 bridgehead atoms. The third-order valence-electron chi connectivity index (χ3n) is 5.05. The molecule has 1 aliphatic carbocycles. The molecule has 4 heteroatoms. The second-order valence-electron chi connectivity index (χ2n) is 6.23. The summed E-state index contributed by atoms with van der Waals surface area (Å²) in [5.74, 6) is 1.55. The lowest BCUT2D eigenvalue weighted by molar-refractivity contribution is -0.0578. The van der Waals surface area contributed by atoms with Crippen LogP contribution in [0.1, 0.15) is 31.2 Å². The number of nitrogens with zero attached hydrogens (tertiary/aromatic N) is 1. The van der Waals surface area contributed by atoms with E-state index in [0.717, 1.165) is 56.0 Å². The second-order valence-corrected chi connectivity index (χ2v) is 6.23. The van der Waals surface area contributed by atoms with Crippen molar-refractivity contribution in [3.8, 4) is 17.6 Å². The average molecular weight is 271 g/mol. The first kappa shape index (κ1) is 12.0. The zero-order valence-electron chi connectivity index (χ0n) is 11.4. The Hall–Kier alpha value is -1.73. The fourth-order valence-corrected chi connectivity index (χ4v) is 3.93. The molecule has 2 fully saturated rings. The van der Waals surface area contributed by atoms with Crippen molar-refractivity contribution < 1.29 is 14.2 Å². The van der Waals surface area contributed by atoms with Gasteiger partial charge < -0.3 is 14.2 Å². The number of hydrogen-bond donors (Lipinski definition) is 0. The van der Waals surface area contributed by atoms with Gasteiger partial charge in [0.2, 0.25) is 6.79 Å². The maximum absolute atomic E-state index is 9.70. The summed E-state index contributed by atoms with van der Waals surface area (Å²) in [6, 6.07) is 8.48. The lowest BCUT2D eigenvalue weighted by atomic mass is 9.48. The predicted octanol–water partition coefficient (Wildman–Crippen LogP) is 2.77. The predicted molar refractivity (Wildman–Crippen MR) is 71.6 cm³/mol. The fourth-order valence-electron chi connectivity index (χ4n) is 3.93. The Morgan fingerprint density at radius 3 is 2.55 bits per heavy atom. The smallest absolute Gasteiger partial charge is 0.231 e. The second kappa shape index (κ2) is 4.13. The fraction of sp³-hybridized carbons (Fsp3) is 0.562. The highest BCUT2D eigenvalue weighted by molar-refractivity contribution is 5.49. The van der Waals surface area contributed by atoms with Gasteiger partial charge in [0.05, 0.1) is 11.5 Å². The molecule has 4 rings (SSSR count). The molecule has 1 aromatic carbocycles. The first-order valence-electron chi connectivity index (χ1n) is 7.15. The molecule has 2 aliphatic heterocycles. The van der Waals surface area contributed by atoms with Crippen LogP contribution in [0.25, 0.3) is 0 Å². The van der Waals surface area contributed by atoms with Gasteiger partial charge in [0.15, 0.2) is 11.5 Å². The number of fused-ring (bicyclic) bond motifs is 1. The molecular weight excluding hydrogens is 254 g/mol. The Morgan fingerprint density at radius 2 is 1.80 bits per heavy atom. The van der Waals surface area contributed by atoms with Crippen molar-refractivity contribution in [1.29, 1.82) is 5.26 Å². The van der Waals surface area contributed by atoms with Gasteiger partial charge in [-0.25, -0.2) is 0 Å². The minimum absolute atomic E-state index is 0.277. The molecule has 0 unspecified atom stereocenters. The van der Waals surface area contributed by atoms with Crippen LogP contribution < -0.4 is 9.47 Å². The van der Waals surface area contributed by atoms with Crippen LogP contribution in [0.4, 0.5) is 0 Å². The van der Waals surface area contributed by atoms with E-state index >= 15 is 0 Å². The lowest BCUT2D eigenvalue weighted by Crippen LogP contribution is -2.51. The highest BCUT2D eigenvalue weighted by atomic mass is 16.7. The van der Waals surface area contributed by atoms with E-state index in [2.05, 4.69) is 6.07 Å². The van der Waals surface area contributed by atoms with Crippen molar-refractivity contribution >= 4 is 0 Å². The van der Waals surface area contributed by atoms with E-state index in [9.17, 15) is 5.26 Å². The molecule has 0 amide bonds. The molecule has 0 N–H and O–H groups in total. The van der Waals surface area contributed by atoms with E-state index in [0.29, 0.717) is 5.41 Å². The van der Waals surface area contributed by atoms with Gasteiger partial charge in [-0.15, -0.1) is 0 Å². The van der Waals surface area contributed by atoms with Gasteiger partial charge >= 0.3 is 0 Å². The van der Waals surface area contributed by atoms with E-state index < -0.39 is 0 Å². The SMILES string of the molecule is N#CC1(c2ccc3c(c2)OCO3)CC2(CCOCC2)C1. The summed E-state index contributed by atoms with van der Waals surface area (Å²) in [6.45, 7) is 1.95. The largest absolute Gasteiger partial charge is 0.454 e. The summed E-state index contributed by atoms with van der Waals surface area (Å²) in [4.78, 5) is 0. The van der Waals surface area contributed by atoms with E-state index in [1.807, 2.05) is 18.2 Å². The highest BCUT2D eigenvalue weighted by Gasteiger charge is 2.56. The molecule has 0 radical (unpaired) electrons. The van der Waals surface area contributed by atoms with Crippen LogP contribution >= 0.6 is 0 Å². The van der Waals surface area contributed by atoms with Crippen LogP contribution in [0.2, 0.25) is 0 Å². The Bertz CT molecular complexity index is 576. The van der Waals surface area contributed by atoms with Crippen molar-refractivity contribution in [3.63, 3.8) is 0 Å². The summed E-state index contributed by atoms with van der Waals surface area (Å²) >= 11 is 0. The van der Waals surface area contributed by atoms with E-state index in [-0.39, 0.29) is 12.2 Å². The van der Waals surface area contributed by atoms with Crippen molar-refractivity contribution in [2.45, 2.75) is 31.1 Å². The van der Waals surface area contributed by atoms with Crippen LogP contribution in [0.15, 0.2) is 18.2 Å². The number of hydrogen-bond acceptors (Lipinski definition) is 4. The van der Waals surface area contributed by atoms with Gasteiger partial charge in [0, 0.05) is 13.2 Å². The van der Waals surface area contributed by atoms with E-state index in [1.165, 1.54) is 0 Å². The number of ether oxygens (including phenoxy) is 3. The van der Waals surface area contributed by atoms with E-state index in [1.54, 1.807) is 0 Å². The summed E-state index contributed by atoms with van der Waals surface area (Å²) in [7, 11) is 0. The van der Waals surface area contributed by atoms with Crippen molar-refractivity contribution in [2.24, 2.45) is 5.41 Å². The van der Waals surface area contributed by atoms with E-state index in [4.69, 9.17) is 14.2 Å². The molecule has 2 heterocycles. The third kappa shape index (κ3) is 1.63. The van der Waals surface area contributed by atoms with Crippen LogP contribution in [0.5, 0.6) is 11.5 Å². The minimum atomic E-state index is -0.349. The zero-order chi connectivity index (χ0) is 13.6. The van der Waals surface area contributed by atoms with Gasteiger partial charge in [0.25, 0.3) is 0 Å². The molecule has 1 saturated carbocycles. The maximum atomic E-state index is 9.70. The highest BCUT2D eigenvalue weighted by Crippen LogP contribution is 2.60. The Kier molecular flexibility index (Phi) is 2.49. The zero-order valence-corrected chi connectivity index (χ0v) is 11.4. The molecule has 1 saturated heterocycles. The summed E-state index contributed by atoms with van der Waals surface area (Å²) < 4.78 is 16.2.